The number of hydrogen-bond acceptors (Lipinski definition) is 9. The summed E-state index contributed by atoms with van der Waals surface area (Å²) in [6.07, 6.45) is 0.211. The minimum atomic E-state index is -4.68. The van der Waals surface area contributed by atoms with E-state index in [0.29, 0.717) is 40.2 Å². The Hall–Kier alpha value is -5.31. The molecule has 14 heteroatoms. The van der Waals surface area contributed by atoms with Crippen LogP contribution in [0.2, 0.25) is 0 Å². The van der Waals surface area contributed by atoms with Gasteiger partial charge in [0.25, 0.3) is 5.91 Å². The summed E-state index contributed by atoms with van der Waals surface area (Å²) in [6.45, 7) is 1.60. The Kier molecular flexibility index (Phi) is 8.54. The van der Waals surface area contributed by atoms with Crippen molar-refractivity contribution in [2.75, 3.05) is 29.9 Å². The van der Waals surface area contributed by atoms with E-state index in [9.17, 15) is 28.3 Å². The Morgan fingerprint density at radius 3 is 2.56 bits per heavy atom. The minimum absolute atomic E-state index is 0.00946. The zero-order valence-electron chi connectivity index (χ0n) is 27.3. The highest BCUT2D eigenvalue weighted by molar-refractivity contribution is 6.10. The molecule has 0 radical (unpaired) electrons. The lowest BCUT2D eigenvalue weighted by Gasteiger charge is -2.38. The summed E-state index contributed by atoms with van der Waals surface area (Å²) in [4.78, 5) is 22.1. The van der Waals surface area contributed by atoms with E-state index in [1.165, 1.54) is 23.7 Å². The van der Waals surface area contributed by atoms with Crippen molar-refractivity contribution in [3.05, 3.63) is 76.6 Å². The highest BCUT2D eigenvalue weighted by Gasteiger charge is 2.44. The maximum Gasteiger partial charge on any atom is 0.416 e. The molecule has 1 saturated carbocycles. The Labute approximate surface area is 286 Å². The van der Waals surface area contributed by atoms with Gasteiger partial charge in [0.2, 0.25) is 0 Å². The molecule has 1 amide bonds. The number of nitrogens with one attached hydrogen (secondary N) is 1. The summed E-state index contributed by atoms with van der Waals surface area (Å²) < 4.78 is 45.5. The molecule has 7 rings (SSSR count). The van der Waals surface area contributed by atoms with Crippen LogP contribution in [0.5, 0.6) is 0 Å². The molecule has 2 fully saturated rings. The molecular weight excluding hydrogens is 647 g/mol. The van der Waals surface area contributed by atoms with E-state index in [-0.39, 0.29) is 47.7 Å². The fourth-order valence-electron chi connectivity index (χ4n) is 7.38. The molecule has 2 aromatic carbocycles. The first-order valence-corrected chi connectivity index (χ1v) is 16.4. The van der Waals surface area contributed by atoms with Gasteiger partial charge in [-0.25, -0.2) is 4.98 Å². The number of aliphatic hydroxyl groups excluding tert-OH is 1. The molecule has 1 aliphatic carbocycles. The van der Waals surface area contributed by atoms with Gasteiger partial charge in [-0.05, 0) is 95.9 Å². The molecule has 4 heterocycles. The van der Waals surface area contributed by atoms with E-state index in [2.05, 4.69) is 31.5 Å². The number of rotatable bonds is 9. The number of aliphatic hydroxyl groups is 1. The molecule has 256 valence electrons. The van der Waals surface area contributed by atoms with Crippen LogP contribution in [0.4, 0.5) is 24.8 Å². The molecule has 2 aromatic heterocycles. The highest BCUT2D eigenvalue weighted by atomic mass is 19.4. The number of hydrogen-bond donors (Lipinski definition) is 2. The number of aryl methyl sites for hydroxylation is 1. The summed E-state index contributed by atoms with van der Waals surface area (Å²) in [5, 5.41) is 40.2. The fraction of sp³-hybridized carbons (Fsp3) is 0.389. The molecule has 0 bridgehead atoms. The Bertz CT molecular complexity index is 2060. The van der Waals surface area contributed by atoms with Crippen molar-refractivity contribution in [1.29, 1.82) is 10.5 Å². The molecule has 1 atom stereocenters. The van der Waals surface area contributed by atoms with E-state index >= 15 is 0 Å². The van der Waals surface area contributed by atoms with Crippen LogP contribution in [0.25, 0.3) is 22.5 Å². The van der Waals surface area contributed by atoms with Gasteiger partial charge in [0.1, 0.15) is 18.0 Å². The number of fused-ring (bicyclic) bond motifs is 1. The van der Waals surface area contributed by atoms with Gasteiger partial charge in [-0.15, -0.1) is 10.2 Å². The number of alkyl halides is 3. The van der Waals surface area contributed by atoms with Crippen LogP contribution in [0, 0.1) is 28.1 Å². The number of carbonyl (C=O) groups is 1. The fourth-order valence-corrected chi connectivity index (χ4v) is 7.38. The van der Waals surface area contributed by atoms with Crippen molar-refractivity contribution >= 4 is 17.5 Å². The maximum absolute atomic E-state index is 14.6. The maximum atomic E-state index is 14.6. The van der Waals surface area contributed by atoms with Crippen LogP contribution in [-0.4, -0.2) is 61.4 Å². The van der Waals surface area contributed by atoms with Crippen molar-refractivity contribution in [3.8, 4) is 34.7 Å². The van der Waals surface area contributed by atoms with Gasteiger partial charge < -0.3 is 15.0 Å². The number of benzene rings is 2. The first kappa shape index (κ1) is 33.2. The standard InChI is InChI=1S/C36H34F3N9O2/c1-46-21-43-45-33(46)26-4-3-22(16-41)11-27(26)24-14-31(42-17-25(49)5-9-40)44-32(15-24)48-19-29-28(34(48)50)12-23(13-30(29)36(37,38)39)18-47-10-8-35(20-47)6-2-7-35/h3-4,11-15,21,25,49H,2,5-8,10,17-20H2,1H3,(H,42,44)/t25-/m0/s1. The van der Waals surface area contributed by atoms with E-state index in [1.807, 2.05) is 6.07 Å². The molecular formula is C36H34F3N9O2. The van der Waals surface area contributed by atoms with Crippen LogP contribution < -0.4 is 10.2 Å². The molecule has 50 heavy (non-hydrogen) atoms. The normalized spacial score (nSPS) is 17.3. The summed E-state index contributed by atoms with van der Waals surface area (Å²) in [7, 11) is 1.76. The predicted octanol–water partition coefficient (Wildman–Crippen LogP) is 5.66. The molecule has 0 unspecified atom stereocenters. The lowest BCUT2D eigenvalue weighted by atomic mass is 9.68. The third kappa shape index (κ3) is 6.28. The number of halogens is 3. The molecule has 1 spiro atoms. The number of anilines is 2. The van der Waals surface area contributed by atoms with E-state index in [0.717, 1.165) is 32.4 Å². The zero-order chi connectivity index (χ0) is 35.2. The van der Waals surface area contributed by atoms with Gasteiger partial charge >= 0.3 is 6.18 Å². The summed E-state index contributed by atoms with van der Waals surface area (Å²) in [6, 6.07) is 15.1. The molecule has 4 aromatic rings. The lowest BCUT2D eigenvalue weighted by molar-refractivity contribution is -0.138. The Balaban J connectivity index is 1.29. The SMILES string of the molecule is Cn1cnnc1-c1ccc(C#N)cc1-c1cc(NC[C@@H](O)CC#N)nc(N2Cc3c(cc(CN4CCC5(CCC5)C4)cc3C(F)(F)F)C2=O)c1. The number of aromatic nitrogens is 4. The van der Waals surface area contributed by atoms with Crippen molar-refractivity contribution in [2.24, 2.45) is 12.5 Å². The molecule has 2 aliphatic heterocycles. The Morgan fingerprint density at radius 1 is 1.08 bits per heavy atom. The monoisotopic (exact) mass is 681 g/mol. The first-order valence-electron chi connectivity index (χ1n) is 16.4. The van der Waals surface area contributed by atoms with Gasteiger partial charge in [0.15, 0.2) is 5.82 Å². The van der Waals surface area contributed by atoms with Gasteiger partial charge in [-0.3, -0.25) is 14.6 Å². The number of nitriles is 2. The van der Waals surface area contributed by atoms with Crippen molar-refractivity contribution in [1.82, 2.24) is 24.6 Å². The van der Waals surface area contributed by atoms with Crippen LogP contribution in [0.1, 0.15) is 64.7 Å². The second-order valence-electron chi connectivity index (χ2n) is 13.5. The predicted molar refractivity (Wildman–Crippen MR) is 177 cm³/mol. The molecule has 2 N–H and O–H groups in total. The lowest BCUT2D eigenvalue weighted by Crippen LogP contribution is -2.33. The topological polar surface area (TPSA) is 147 Å². The van der Waals surface area contributed by atoms with Crippen LogP contribution in [0.15, 0.2) is 48.8 Å². The minimum Gasteiger partial charge on any atom is -0.390 e. The summed E-state index contributed by atoms with van der Waals surface area (Å²) in [5.41, 5.74) is 1.76. The average molecular weight is 682 g/mol. The number of amides is 1. The third-order valence-electron chi connectivity index (χ3n) is 10.1. The third-order valence-corrected chi connectivity index (χ3v) is 10.1. The van der Waals surface area contributed by atoms with Gasteiger partial charge in [-0.1, -0.05) is 6.42 Å². The van der Waals surface area contributed by atoms with Gasteiger partial charge in [-0.2, -0.15) is 23.7 Å². The quantitative estimate of drug-likeness (QED) is 0.229. The first-order chi connectivity index (χ1) is 24.0. The van der Waals surface area contributed by atoms with Crippen LogP contribution in [-0.2, 0) is 26.3 Å². The number of carbonyl (C=O) groups excluding carboxylic acids is 1. The largest absolute Gasteiger partial charge is 0.416 e. The van der Waals surface area contributed by atoms with Crippen LogP contribution in [0.3, 0.4) is 0 Å². The van der Waals surface area contributed by atoms with Crippen molar-refractivity contribution in [2.45, 2.75) is 57.5 Å². The van der Waals surface area contributed by atoms with E-state index in [4.69, 9.17) is 5.26 Å². The number of pyridine rings is 1. The van der Waals surface area contributed by atoms with E-state index in [1.54, 1.807) is 48.0 Å². The van der Waals surface area contributed by atoms with E-state index < -0.39 is 23.8 Å². The number of nitrogens with zero attached hydrogens (tertiary/aromatic N) is 8. The zero-order valence-corrected chi connectivity index (χ0v) is 27.3. The van der Waals surface area contributed by atoms with Gasteiger partial charge in [0, 0.05) is 37.8 Å². The Morgan fingerprint density at radius 2 is 1.90 bits per heavy atom. The molecule has 1 saturated heterocycles. The second kappa shape index (κ2) is 12.9. The highest BCUT2D eigenvalue weighted by Crippen LogP contribution is 2.48. The molecule has 11 nitrogen and oxygen atoms in total. The average Bonchev–Trinajstić information content (AvgIpc) is 3.80. The summed E-state index contributed by atoms with van der Waals surface area (Å²) >= 11 is 0. The smallest absolute Gasteiger partial charge is 0.390 e. The van der Waals surface area contributed by atoms with Crippen molar-refractivity contribution < 1.29 is 23.1 Å². The number of likely N-dealkylation sites (tertiary alicyclic amines) is 1. The second-order valence-corrected chi connectivity index (χ2v) is 13.5. The molecule has 3 aliphatic rings. The van der Waals surface area contributed by atoms with Gasteiger partial charge in [0.05, 0.1) is 42.3 Å². The van der Waals surface area contributed by atoms with Crippen molar-refractivity contribution in [3.63, 3.8) is 0 Å². The summed E-state index contributed by atoms with van der Waals surface area (Å²) in [5.74, 6) is 0.173. The van der Waals surface area contributed by atoms with Crippen LogP contribution >= 0.6 is 0 Å².